The third-order valence-electron chi connectivity index (χ3n) is 13.9. The summed E-state index contributed by atoms with van der Waals surface area (Å²) in [5.41, 5.74) is 7.33. The molecule has 0 unspecified atom stereocenters. The molecule has 0 saturated heterocycles. The standard InChI is InChI=1S/C54H21B9O/c55-44-39(45(56)52(63)54-42(44)43-48(59)46(57)40-41(53(43)64-54)49(60)51(62)50(61)47(40)58)30-20-28(31-15-11-26-9-7-22-3-1-5-24-13-17-33(31)37(26)35(22)24)19-29(21-30)32-16-12-27-10-8-23-4-2-6-25-14-18-34(32)38(27)36(23)25/h1-21H. The number of hydrogen-bond donors (Lipinski definition) is 0. The minimum absolute atomic E-state index is 0.0972. The Morgan fingerprint density at radius 1 is 0.266 bits per heavy atom. The van der Waals surface area contributed by atoms with Gasteiger partial charge in [0.05, 0.1) is 0 Å². The molecule has 1 aromatic heterocycles. The molecule has 1 heterocycles. The van der Waals surface area contributed by atoms with Crippen molar-refractivity contribution >= 4 is 217 Å². The van der Waals surface area contributed by atoms with Crippen molar-refractivity contribution in [2.24, 2.45) is 0 Å². The quantitative estimate of drug-likeness (QED) is 0.188. The largest absolute Gasteiger partial charge is 0.456 e. The molecule has 10 heteroatoms. The van der Waals surface area contributed by atoms with Crippen molar-refractivity contribution < 1.29 is 4.42 Å². The number of rotatable bonds is 3. The molecule has 270 valence electrons. The summed E-state index contributed by atoms with van der Waals surface area (Å²) in [4.78, 5) is 0. The first-order valence-electron chi connectivity index (χ1n) is 20.9. The Morgan fingerprint density at radius 2 is 0.641 bits per heavy atom. The fourth-order valence-corrected chi connectivity index (χ4v) is 10.8. The highest BCUT2D eigenvalue weighted by atomic mass is 16.3. The van der Waals surface area contributed by atoms with Crippen LogP contribution in [0.2, 0.25) is 0 Å². The summed E-state index contributed by atoms with van der Waals surface area (Å²) < 4.78 is 6.56. The third-order valence-corrected chi connectivity index (χ3v) is 13.9. The predicted molar refractivity (Wildman–Crippen MR) is 283 cm³/mol. The number of furan rings is 1. The van der Waals surface area contributed by atoms with Gasteiger partial charge in [0.25, 0.3) is 0 Å². The van der Waals surface area contributed by atoms with Crippen LogP contribution in [0.5, 0.6) is 0 Å². The van der Waals surface area contributed by atoms with E-state index in [0.29, 0.717) is 32.6 Å². The van der Waals surface area contributed by atoms with Gasteiger partial charge in [0.15, 0.2) is 0 Å². The number of fused-ring (bicyclic) bond motifs is 5. The maximum atomic E-state index is 7.38. The van der Waals surface area contributed by atoms with Crippen molar-refractivity contribution in [3.05, 3.63) is 127 Å². The lowest BCUT2D eigenvalue weighted by Crippen LogP contribution is -2.50. The molecule has 13 rings (SSSR count). The Bertz CT molecular complexity index is 4050. The van der Waals surface area contributed by atoms with Gasteiger partial charge in [-0.25, -0.2) is 0 Å². The maximum Gasteiger partial charge on any atom is 0.141 e. The van der Waals surface area contributed by atoms with E-state index in [2.05, 4.69) is 127 Å². The first kappa shape index (κ1) is 37.9. The van der Waals surface area contributed by atoms with Gasteiger partial charge < -0.3 is 4.42 Å². The summed E-state index contributed by atoms with van der Waals surface area (Å²) >= 11 is 0. The van der Waals surface area contributed by atoms with E-state index >= 15 is 0 Å². The van der Waals surface area contributed by atoms with Gasteiger partial charge in [0.1, 0.15) is 81.8 Å². The highest BCUT2D eigenvalue weighted by Gasteiger charge is 2.25. The topological polar surface area (TPSA) is 13.1 Å². The van der Waals surface area contributed by atoms with Crippen molar-refractivity contribution in [3.8, 4) is 33.4 Å². The summed E-state index contributed by atoms with van der Waals surface area (Å²) in [6, 6.07) is 45.9. The van der Waals surface area contributed by atoms with Crippen molar-refractivity contribution in [2.45, 2.75) is 0 Å². The van der Waals surface area contributed by atoms with E-state index in [0.717, 1.165) is 38.6 Å². The Kier molecular flexibility index (Phi) is 7.82. The van der Waals surface area contributed by atoms with E-state index < -0.39 is 0 Å². The Hall–Kier alpha value is -6.64. The Balaban J connectivity index is 1.15. The Labute approximate surface area is 380 Å². The number of hydrogen-bond acceptors (Lipinski definition) is 1. The van der Waals surface area contributed by atoms with E-state index in [4.69, 9.17) is 75.0 Å². The molecular formula is C54H21B9O. The second-order valence-electron chi connectivity index (χ2n) is 17.1. The molecule has 64 heavy (non-hydrogen) atoms. The second-order valence-corrected chi connectivity index (χ2v) is 17.1. The zero-order chi connectivity index (χ0) is 43.6. The van der Waals surface area contributed by atoms with E-state index in [9.17, 15) is 0 Å². The van der Waals surface area contributed by atoms with Crippen LogP contribution < -0.4 is 49.2 Å². The molecule has 0 amide bonds. The molecule has 0 saturated carbocycles. The van der Waals surface area contributed by atoms with Gasteiger partial charge in [0, 0.05) is 16.2 Å². The summed E-state index contributed by atoms with van der Waals surface area (Å²) in [6.07, 6.45) is 0. The SMILES string of the molecule is [B]c1c(-c2cc(-c3ccc4ccc5cccc6ccc3c4c56)cc(-c3ccc4ccc5cccc6ccc3c4c56)c2)c([B])c2c(oc3c4c([B])c([B])c([B])c([B])c4c([B])c([B])c32)c1[B]. The third kappa shape index (κ3) is 4.87. The maximum absolute atomic E-state index is 7.38. The fourth-order valence-electron chi connectivity index (χ4n) is 10.8. The second kappa shape index (κ2) is 13.2. The molecule has 18 radical (unpaired) electrons. The van der Waals surface area contributed by atoms with Gasteiger partial charge in [-0.2, -0.15) is 0 Å². The van der Waals surface area contributed by atoms with Crippen LogP contribution in [0.25, 0.3) is 131 Å². The first-order valence-corrected chi connectivity index (χ1v) is 20.9. The van der Waals surface area contributed by atoms with Gasteiger partial charge >= 0.3 is 0 Å². The van der Waals surface area contributed by atoms with Crippen LogP contribution in [0.3, 0.4) is 0 Å². The smallest absolute Gasteiger partial charge is 0.141 e. The molecular weight excluding hydrogens is 762 g/mol. The monoisotopic (exact) mass is 784 g/mol. The van der Waals surface area contributed by atoms with Crippen molar-refractivity contribution in [1.29, 1.82) is 0 Å². The van der Waals surface area contributed by atoms with Crippen molar-refractivity contribution in [1.82, 2.24) is 0 Å². The summed E-state index contributed by atoms with van der Waals surface area (Å²) in [5.74, 6) is 0. The lowest BCUT2D eigenvalue weighted by atomic mass is 9.61. The summed E-state index contributed by atoms with van der Waals surface area (Å²) in [5, 5.41) is 15.8. The van der Waals surface area contributed by atoms with E-state index in [1.54, 1.807) is 0 Å². The van der Waals surface area contributed by atoms with Gasteiger partial charge in [-0.15, -0.1) is 10.9 Å². The van der Waals surface area contributed by atoms with Crippen molar-refractivity contribution in [3.63, 3.8) is 0 Å². The molecule has 12 aromatic carbocycles. The van der Waals surface area contributed by atoms with Gasteiger partial charge in [-0.05, 0) is 122 Å². The van der Waals surface area contributed by atoms with E-state index in [1.165, 1.54) is 53.9 Å². The molecule has 0 N–H and O–H groups in total. The highest BCUT2D eigenvalue weighted by molar-refractivity contribution is 6.72. The summed E-state index contributed by atoms with van der Waals surface area (Å²) in [6.45, 7) is 0. The van der Waals surface area contributed by atoms with Crippen LogP contribution in [0, 0.1) is 0 Å². The van der Waals surface area contributed by atoms with Gasteiger partial charge in [0.2, 0.25) is 0 Å². The van der Waals surface area contributed by atoms with Crippen LogP contribution >= 0.6 is 0 Å². The van der Waals surface area contributed by atoms with Gasteiger partial charge in [-0.3, -0.25) is 0 Å². The van der Waals surface area contributed by atoms with E-state index in [-0.39, 0.29) is 54.9 Å². The molecule has 13 aromatic rings. The molecule has 0 atom stereocenters. The fraction of sp³-hybridized carbons (Fsp3) is 0. The molecule has 0 aliphatic rings. The van der Waals surface area contributed by atoms with E-state index in [1.807, 2.05) is 0 Å². The average molecular weight is 783 g/mol. The minimum Gasteiger partial charge on any atom is -0.456 e. The van der Waals surface area contributed by atoms with Crippen LogP contribution in [0.15, 0.2) is 132 Å². The van der Waals surface area contributed by atoms with Crippen LogP contribution in [0.1, 0.15) is 0 Å². The van der Waals surface area contributed by atoms with Gasteiger partial charge in [-0.1, -0.05) is 147 Å². The first-order chi connectivity index (χ1) is 31.0. The highest BCUT2D eigenvalue weighted by Crippen LogP contribution is 2.44. The van der Waals surface area contributed by atoms with Crippen LogP contribution in [0.4, 0.5) is 0 Å². The van der Waals surface area contributed by atoms with Crippen molar-refractivity contribution in [2.75, 3.05) is 0 Å². The molecule has 0 spiro atoms. The predicted octanol–water partition coefficient (Wildman–Crippen LogP) is 4.68. The zero-order valence-corrected chi connectivity index (χ0v) is 34.2. The lowest BCUT2D eigenvalue weighted by Gasteiger charge is -2.21. The van der Waals surface area contributed by atoms with Crippen LogP contribution in [-0.2, 0) is 0 Å². The Morgan fingerprint density at radius 3 is 1.16 bits per heavy atom. The number of benzene rings is 12. The zero-order valence-electron chi connectivity index (χ0n) is 34.2. The average Bonchev–Trinajstić information content (AvgIpc) is 3.73. The molecule has 0 aliphatic heterocycles. The summed E-state index contributed by atoms with van der Waals surface area (Å²) in [7, 11) is 61.0. The molecule has 0 aliphatic carbocycles. The normalized spacial score (nSPS) is 12.3. The lowest BCUT2D eigenvalue weighted by molar-refractivity contribution is 0.676. The molecule has 0 bridgehead atoms. The molecule has 1 nitrogen and oxygen atoms in total. The minimum atomic E-state index is 0.0972. The van der Waals surface area contributed by atoms with Crippen LogP contribution in [-0.4, -0.2) is 70.6 Å². The molecule has 0 fully saturated rings.